The van der Waals surface area contributed by atoms with E-state index in [1.165, 1.54) is 0 Å². The Morgan fingerprint density at radius 2 is 1.95 bits per heavy atom. The van der Waals surface area contributed by atoms with Crippen LogP contribution in [0, 0.1) is 0 Å². The number of hydrogen-bond acceptors (Lipinski definition) is 6. The molecule has 0 aliphatic heterocycles. The standard InChI is InChI=1S/C7H10BrClN4O4S2/c1-18(14,15)3-2-12-19(16,17)13-7-5(8)6(9)10-4-11-7/h4,12H,2-3H2,1H3,(H,10,11,13). The van der Waals surface area contributed by atoms with Gasteiger partial charge in [0.05, 0.1) is 10.2 Å². The van der Waals surface area contributed by atoms with Crippen LogP contribution in [0.1, 0.15) is 0 Å². The highest BCUT2D eigenvalue weighted by atomic mass is 79.9. The predicted octanol–water partition coefficient (Wildman–Crippen LogP) is 0.183. The Bertz CT molecular complexity index is 664. The van der Waals surface area contributed by atoms with Gasteiger partial charge in [0.25, 0.3) is 10.2 Å². The largest absolute Gasteiger partial charge is 0.300 e. The molecule has 0 aliphatic carbocycles. The van der Waals surface area contributed by atoms with Crippen molar-refractivity contribution in [3.63, 3.8) is 0 Å². The summed E-state index contributed by atoms with van der Waals surface area (Å²) in [6.07, 6.45) is 2.09. The van der Waals surface area contributed by atoms with Gasteiger partial charge in [0, 0.05) is 12.8 Å². The highest BCUT2D eigenvalue weighted by Gasteiger charge is 2.15. The van der Waals surface area contributed by atoms with Gasteiger partial charge < -0.3 is 0 Å². The number of hydrogen-bond donors (Lipinski definition) is 2. The van der Waals surface area contributed by atoms with Crippen LogP contribution in [0.25, 0.3) is 0 Å². The second-order valence-corrected chi connectivity index (χ2v) is 8.37. The van der Waals surface area contributed by atoms with E-state index in [2.05, 4.69) is 35.3 Å². The summed E-state index contributed by atoms with van der Waals surface area (Å²) in [5.74, 6) is -0.355. The van der Waals surface area contributed by atoms with Crippen molar-refractivity contribution in [3.8, 4) is 0 Å². The summed E-state index contributed by atoms with van der Waals surface area (Å²) in [6, 6.07) is 0. The van der Waals surface area contributed by atoms with Crippen LogP contribution in [0.15, 0.2) is 10.8 Å². The summed E-state index contributed by atoms with van der Waals surface area (Å²) in [5, 5.41) is 0.0452. The van der Waals surface area contributed by atoms with Gasteiger partial charge in [0.1, 0.15) is 21.3 Å². The lowest BCUT2D eigenvalue weighted by Crippen LogP contribution is -2.34. The van der Waals surface area contributed by atoms with E-state index in [0.29, 0.717) is 0 Å². The van der Waals surface area contributed by atoms with Gasteiger partial charge in [-0.1, -0.05) is 11.6 Å². The highest BCUT2D eigenvalue weighted by molar-refractivity contribution is 9.10. The van der Waals surface area contributed by atoms with Crippen molar-refractivity contribution in [1.82, 2.24) is 14.7 Å². The molecule has 0 atom stereocenters. The maximum atomic E-state index is 11.6. The fourth-order valence-corrected chi connectivity index (χ4v) is 2.97. The SMILES string of the molecule is CS(=O)(=O)CCNS(=O)(=O)Nc1ncnc(Cl)c1Br. The molecule has 12 heteroatoms. The minimum atomic E-state index is -3.94. The Kier molecular flexibility index (Phi) is 5.50. The summed E-state index contributed by atoms with van der Waals surface area (Å²) < 4.78 is 49.3. The molecule has 0 bridgehead atoms. The second-order valence-electron chi connectivity index (χ2n) is 3.46. The molecule has 0 amide bonds. The van der Waals surface area contributed by atoms with E-state index in [1.54, 1.807) is 0 Å². The molecule has 1 rings (SSSR count). The lowest BCUT2D eigenvalue weighted by Gasteiger charge is -2.09. The van der Waals surface area contributed by atoms with Crippen LogP contribution >= 0.6 is 27.5 Å². The van der Waals surface area contributed by atoms with Crippen molar-refractivity contribution in [2.75, 3.05) is 23.3 Å². The predicted molar refractivity (Wildman–Crippen MR) is 75.0 cm³/mol. The van der Waals surface area contributed by atoms with E-state index < -0.39 is 20.0 Å². The van der Waals surface area contributed by atoms with Crippen molar-refractivity contribution in [3.05, 3.63) is 16.0 Å². The lowest BCUT2D eigenvalue weighted by atomic mass is 10.6. The maximum Gasteiger partial charge on any atom is 0.300 e. The minimum absolute atomic E-state index is 0.0452. The van der Waals surface area contributed by atoms with Crippen molar-refractivity contribution in [2.45, 2.75) is 0 Å². The van der Waals surface area contributed by atoms with Crippen molar-refractivity contribution >= 4 is 53.4 Å². The molecule has 0 radical (unpaired) electrons. The molecule has 0 unspecified atom stereocenters. The topological polar surface area (TPSA) is 118 Å². The Morgan fingerprint density at radius 3 is 2.53 bits per heavy atom. The minimum Gasteiger partial charge on any atom is -0.254 e. The van der Waals surface area contributed by atoms with Crippen LogP contribution in [0.5, 0.6) is 0 Å². The average Bonchev–Trinajstić information content (AvgIpc) is 2.22. The molecule has 8 nitrogen and oxygen atoms in total. The molecule has 0 fully saturated rings. The fraction of sp³-hybridized carbons (Fsp3) is 0.429. The van der Waals surface area contributed by atoms with Crippen molar-refractivity contribution in [1.29, 1.82) is 0 Å². The molecule has 0 spiro atoms. The third-order valence-electron chi connectivity index (χ3n) is 1.74. The number of aromatic nitrogens is 2. The van der Waals surface area contributed by atoms with Crippen LogP contribution in [0.2, 0.25) is 5.15 Å². The zero-order valence-corrected chi connectivity index (χ0v) is 13.6. The summed E-state index contributed by atoms with van der Waals surface area (Å²) in [5.41, 5.74) is 0. The Labute approximate surface area is 124 Å². The number of rotatable bonds is 6. The first-order valence-corrected chi connectivity index (χ1v) is 9.43. The van der Waals surface area contributed by atoms with E-state index >= 15 is 0 Å². The summed E-state index contributed by atoms with van der Waals surface area (Å²) in [4.78, 5) is 7.33. The molecule has 0 saturated heterocycles. The van der Waals surface area contributed by atoms with Gasteiger partial charge in [0.2, 0.25) is 0 Å². The van der Waals surface area contributed by atoms with Crippen LogP contribution < -0.4 is 9.44 Å². The first-order chi connectivity index (χ1) is 8.61. The lowest BCUT2D eigenvalue weighted by molar-refractivity contribution is 0.586. The second kappa shape index (κ2) is 6.31. The number of anilines is 1. The van der Waals surface area contributed by atoms with Crippen LogP contribution in [-0.2, 0) is 20.0 Å². The molecule has 0 aromatic carbocycles. The zero-order chi connectivity index (χ0) is 14.7. The van der Waals surface area contributed by atoms with Gasteiger partial charge in [-0.25, -0.2) is 18.4 Å². The van der Waals surface area contributed by atoms with Crippen molar-refractivity contribution < 1.29 is 16.8 Å². The third-order valence-corrected chi connectivity index (χ3v) is 5.00. The van der Waals surface area contributed by atoms with Crippen LogP contribution in [0.3, 0.4) is 0 Å². The first kappa shape index (κ1) is 16.6. The van der Waals surface area contributed by atoms with E-state index in [-0.39, 0.29) is 27.7 Å². The van der Waals surface area contributed by atoms with E-state index in [0.717, 1.165) is 12.6 Å². The molecule has 2 N–H and O–H groups in total. The molecule has 1 aromatic rings. The van der Waals surface area contributed by atoms with Crippen LogP contribution in [0.4, 0.5) is 5.82 Å². The van der Waals surface area contributed by atoms with Gasteiger partial charge >= 0.3 is 0 Å². The average molecular weight is 394 g/mol. The number of nitrogens with one attached hydrogen (secondary N) is 2. The van der Waals surface area contributed by atoms with E-state index in [9.17, 15) is 16.8 Å². The Morgan fingerprint density at radius 1 is 1.32 bits per heavy atom. The van der Waals surface area contributed by atoms with Gasteiger partial charge in [0.15, 0.2) is 5.82 Å². The molecule has 1 heterocycles. The first-order valence-electron chi connectivity index (χ1n) is 4.72. The van der Waals surface area contributed by atoms with Crippen LogP contribution in [-0.4, -0.2) is 45.4 Å². The molecule has 19 heavy (non-hydrogen) atoms. The Balaban J connectivity index is 2.72. The van der Waals surface area contributed by atoms with E-state index in [4.69, 9.17) is 11.6 Å². The molecule has 0 aliphatic rings. The van der Waals surface area contributed by atoms with E-state index in [1.807, 2.05) is 0 Å². The van der Waals surface area contributed by atoms with Gasteiger partial charge in [-0.3, -0.25) is 4.72 Å². The molecular formula is C7H10BrClN4O4S2. The highest BCUT2D eigenvalue weighted by Crippen LogP contribution is 2.26. The van der Waals surface area contributed by atoms with Gasteiger partial charge in [-0.2, -0.15) is 13.1 Å². The molecular weight excluding hydrogens is 384 g/mol. The number of sulfone groups is 1. The summed E-state index contributed by atoms with van der Waals surface area (Å²) >= 11 is 8.70. The zero-order valence-electron chi connectivity index (χ0n) is 9.59. The third kappa shape index (κ3) is 5.99. The number of nitrogens with zero attached hydrogens (tertiary/aromatic N) is 2. The summed E-state index contributed by atoms with van der Waals surface area (Å²) in [6.45, 7) is -0.245. The molecule has 108 valence electrons. The maximum absolute atomic E-state index is 11.6. The normalized spacial score (nSPS) is 12.4. The quantitative estimate of drug-likeness (QED) is 0.666. The summed E-state index contributed by atoms with van der Waals surface area (Å²) in [7, 11) is -7.18. The molecule has 1 aromatic heterocycles. The Hall–Kier alpha value is -0.490. The molecule has 0 saturated carbocycles. The fourth-order valence-electron chi connectivity index (χ4n) is 0.944. The monoisotopic (exact) mass is 392 g/mol. The smallest absolute Gasteiger partial charge is 0.254 e. The van der Waals surface area contributed by atoms with Gasteiger partial charge in [-0.05, 0) is 15.9 Å². The van der Waals surface area contributed by atoms with Gasteiger partial charge in [-0.15, -0.1) is 0 Å². The number of halogens is 2. The van der Waals surface area contributed by atoms with Crippen molar-refractivity contribution in [2.24, 2.45) is 0 Å².